The SMILES string of the molecule is O=S(=O)(C(F)F)N1CCC(CCBr)C1. The van der Waals surface area contributed by atoms with Crippen molar-refractivity contribution in [2.24, 2.45) is 5.92 Å². The second-order valence-electron chi connectivity index (χ2n) is 3.30. The van der Waals surface area contributed by atoms with Gasteiger partial charge in [-0.05, 0) is 18.8 Å². The van der Waals surface area contributed by atoms with Crippen molar-refractivity contribution < 1.29 is 17.2 Å². The molecule has 0 N–H and O–H groups in total. The Kier molecular flexibility index (Phi) is 4.27. The van der Waals surface area contributed by atoms with E-state index in [2.05, 4.69) is 15.9 Å². The van der Waals surface area contributed by atoms with E-state index in [9.17, 15) is 17.2 Å². The summed E-state index contributed by atoms with van der Waals surface area (Å²) >= 11 is 3.24. The van der Waals surface area contributed by atoms with Crippen molar-refractivity contribution in [3.8, 4) is 0 Å². The summed E-state index contributed by atoms with van der Waals surface area (Å²) in [5.74, 6) is -3.08. The van der Waals surface area contributed by atoms with E-state index in [-0.39, 0.29) is 19.0 Å². The molecule has 1 atom stereocenters. The number of halogens is 3. The van der Waals surface area contributed by atoms with Crippen LogP contribution in [0.1, 0.15) is 12.8 Å². The first-order chi connectivity index (χ1) is 6.48. The average molecular weight is 292 g/mol. The Morgan fingerprint density at radius 1 is 1.50 bits per heavy atom. The summed E-state index contributed by atoms with van der Waals surface area (Å²) in [4.78, 5) is 0. The highest BCUT2D eigenvalue weighted by molar-refractivity contribution is 9.09. The summed E-state index contributed by atoms with van der Waals surface area (Å²) in [7, 11) is -4.34. The molecule has 1 aliphatic rings. The molecule has 3 nitrogen and oxygen atoms in total. The zero-order valence-corrected chi connectivity index (χ0v) is 9.90. The normalized spacial score (nSPS) is 24.7. The van der Waals surface area contributed by atoms with Crippen LogP contribution in [0.2, 0.25) is 0 Å². The summed E-state index contributed by atoms with van der Waals surface area (Å²) < 4.78 is 47.3. The van der Waals surface area contributed by atoms with Gasteiger partial charge in [0, 0.05) is 18.4 Å². The molecule has 0 saturated carbocycles. The number of alkyl halides is 3. The van der Waals surface area contributed by atoms with Gasteiger partial charge in [0.1, 0.15) is 0 Å². The van der Waals surface area contributed by atoms with Gasteiger partial charge in [0.25, 0.3) is 10.0 Å². The van der Waals surface area contributed by atoms with Crippen molar-refractivity contribution in [2.45, 2.75) is 18.6 Å². The molecule has 1 heterocycles. The van der Waals surface area contributed by atoms with Gasteiger partial charge in [-0.15, -0.1) is 0 Å². The van der Waals surface area contributed by atoms with E-state index in [1.165, 1.54) is 0 Å². The molecule has 0 amide bonds. The van der Waals surface area contributed by atoms with Gasteiger partial charge < -0.3 is 0 Å². The molecule has 1 aliphatic heterocycles. The molecule has 0 aromatic carbocycles. The van der Waals surface area contributed by atoms with Crippen LogP contribution in [0.4, 0.5) is 8.78 Å². The third-order valence-electron chi connectivity index (χ3n) is 2.35. The molecule has 1 fully saturated rings. The predicted octanol–water partition coefficient (Wildman–Crippen LogP) is 1.65. The van der Waals surface area contributed by atoms with E-state index in [1.54, 1.807) is 0 Å². The fraction of sp³-hybridized carbons (Fsp3) is 1.00. The maximum absolute atomic E-state index is 12.1. The number of sulfonamides is 1. The van der Waals surface area contributed by atoms with E-state index >= 15 is 0 Å². The van der Waals surface area contributed by atoms with Crippen LogP contribution in [0.5, 0.6) is 0 Å². The van der Waals surface area contributed by atoms with Gasteiger partial charge >= 0.3 is 5.76 Å². The number of rotatable bonds is 4. The topological polar surface area (TPSA) is 37.4 Å². The molecule has 1 saturated heterocycles. The predicted molar refractivity (Wildman–Crippen MR) is 53.0 cm³/mol. The molecule has 1 unspecified atom stereocenters. The molecule has 7 heteroatoms. The van der Waals surface area contributed by atoms with Crippen LogP contribution in [0.15, 0.2) is 0 Å². The smallest absolute Gasteiger partial charge is 0.206 e. The molecule has 84 valence electrons. The van der Waals surface area contributed by atoms with Gasteiger partial charge in [0.15, 0.2) is 0 Å². The van der Waals surface area contributed by atoms with Crippen molar-refractivity contribution in [1.29, 1.82) is 0 Å². The molecule has 0 spiro atoms. The highest BCUT2D eigenvalue weighted by Gasteiger charge is 2.36. The van der Waals surface area contributed by atoms with E-state index in [0.717, 1.165) is 16.1 Å². The Labute approximate surface area is 90.6 Å². The number of nitrogens with zero attached hydrogens (tertiary/aromatic N) is 1. The van der Waals surface area contributed by atoms with Crippen molar-refractivity contribution in [3.05, 3.63) is 0 Å². The van der Waals surface area contributed by atoms with E-state index < -0.39 is 15.8 Å². The van der Waals surface area contributed by atoms with E-state index in [4.69, 9.17) is 0 Å². The van der Waals surface area contributed by atoms with E-state index in [1.807, 2.05) is 0 Å². The minimum Gasteiger partial charge on any atom is -0.206 e. The van der Waals surface area contributed by atoms with Crippen LogP contribution < -0.4 is 0 Å². The molecule has 0 radical (unpaired) electrons. The van der Waals surface area contributed by atoms with Crippen LogP contribution in [-0.2, 0) is 10.0 Å². The Balaban J connectivity index is 2.58. The van der Waals surface area contributed by atoms with Crippen LogP contribution in [0, 0.1) is 5.92 Å². The second-order valence-corrected chi connectivity index (χ2v) is 5.99. The molecule has 14 heavy (non-hydrogen) atoms. The lowest BCUT2D eigenvalue weighted by atomic mass is 10.1. The fourth-order valence-electron chi connectivity index (χ4n) is 1.53. The quantitative estimate of drug-likeness (QED) is 0.739. The highest BCUT2D eigenvalue weighted by Crippen LogP contribution is 2.25. The summed E-state index contributed by atoms with van der Waals surface area (Å²) in [5, 5.41) is 0.778. The van der Waals surface area contributed by atoms with Gasteiger partial charge in [-0.2, -0.15) is 13.1 Å². The van der Waals surface area contributed by atoms with Gasteiger partial charge in [-0.3, -0.25) is 0 Å². The average Bonchev–Trinajstić information content (AvgIpc) is 2.53. The van der Waals surface area contributed by atoms with Crippen LogP contribution in [0.25, 0.3) is 0 Å². The van der Waals surface area contributed by atoms with Gasteiger partial charge in [-0.1, -0.05) is 15.9 Å². The Bertz CT molecular complexity index is 283. The fourth-order valence-corrected chi connectivity index (χ4v) is 3.18. The maximum atomic E-state index is 12.1. The Hall–Kier alpha value is 0.250. The lowest BCUT2D eigenvalue weighted by molar-refractivity contribution is 0.222. The first-order valence-electron chi connectivity index (χ1n) is 4.31. The maximum Gasteiger partial charge on any atom is 0.350 e. The Morgan fingerprint density at radius 2 is 2.14 bits per heavy atom. The van der Waals surface area contributed by atoms with Gasteiger partial charge in [0.05, 0.1) is 0 Å². The minimum atomic E-state index is -4.34. The summed E-state index contributed by atoms with van der Waals surface area (Å²) in [5.41, 5.74) is 0. The molecule has 1 rings (SSSR count). The molecule has 0 aliphatic carbocycles. The summed E-state index contributed by atoms with van der Waals surface area (Å²) in [6.07, 6.45) is 1.51. The van der Waals surface area contributed by atoms with Crippen LogP contribution in [-0.4, -0.2) is 36.9 Å². The monoisotopic (exact) mass is 291 g/mol. The third-order valence-corrected chi connectivity index (χ3v) is 4.31. The zero-order valence-electron chi connectivity index (χ0n) is 7.50. The zero-order chi connectivity index (χ0) is 10.8. The lowest BCUT2D eigenvalue weighted by Crippen LogP contribution is -2.33. The third kappa shape index (κ3) is 2.64. The second kappa shape index (κ2) is 4.85. The van der Waals surface area contributed by atoms with Gasteiger partial charge in [-0.25, -0.2) is 8.42 Å². The van der Waals surface area contributed by atoms with E-state index in [0.29, 0.717) is 6.42 Å². The largest absolute Gasteiger partial charge is 0.350 e. The van der Waals surface area contributed by atoms with Gasteiger partial charge in [0.2, 0.25) is 0 Å². The summed E-state index contributed by atoms with van der Waals surface area (Å²) in [6.45, 7) is 0.461. The van der Waals surface area contributed by atoms with Crippen molar-refractivity contribution in [1.82, 2.24) is 4.31 Å². The molecular formula is C7H12BrF2NO2S. The van der Waals surface area contributed by atoms with Crippen LogP contribution >= 0.6 is 15.9 Å². The summed E-state index contributed by atoms with van der Waals surface area (Å²) in [6, 6.07) is 0. The first kappa shape index (κ1) is 12.3. The minimum absolute atomic E-state index is 0.211. The number of hydrogen-bond donors (Lipinski definition) is 0. The molecular weight excluding hydrogens is 280 g/mol. The van der Waals surface area contributed by atoms with Crippen molar-refractivity contribution in [2.75, 3.05) is 18.4 Å². The molecule has 0 aromatic rings. The lowest BCUT2D eigenvalue weighted by Gasteiger charge is -2.15. The van der Waals surface area contributed by atoms with Crippen LogP contribution in [0.3, 0.4) is 0 Å². The highest BCUT2D eigenvalue weighted by atomic mass is 79.9. The van der Waals surface area contributed by atoms with Crippen molar-refractivity contribution >= 4 is 26.0 Å². The molecule has 0 bridgehead atoms. The van der Waals surface area contributed by atoms with Crippen molar-refractivity contribution in [3.63, 3.8) is 0 Å². The Morgan fingerprint density at radius 3 is 2.64 bits per heavy atom. The standard InChI is InChI=1S/C7H12BrF2NO2S/c8-3-1-6-2-4-11(5-6)14(12,13)7(9)10/h6-7H,1-5H2. The molecule has 0 aromatic heterocycles. The number of hydrogen-bond acceptors (Lipinski definition) is 2. The first-order valence-corrected chi connectivity index (χ1v) is 6.94.